The summed E-state index contributed by atoms with van der Waals surface area (Å²) in [6.45, 7) is 2.49. The van der Waals surface area contributed by atoms with Gasteiger partial charge in [-0.3, -0.25) is 9.69 Å². The van der Waals surface area contributed by atoms with Crippen LogP contribution in [0, 0.1) is 5.82 Å². The Kier molecular flexibility index (Phi) is 5.56. The molecule has 3 rings (SSSR count). The molecule has 1 heterocycles. The first-order valence-electron chi connectivity index (χ1n) is 7.45. The lowest BCUT2D eigenvalue weighted by molar-refractivity contribution is -0.113. The fraction of sp³-hybridized carbons (Fsp3) is 0.111. The van der Waals surface area contributed by atoms with E-state index in [-0.39, 0.29) is 5.91 Å². The summed E-state index contributed by atoms with van der Waals surface area (Å²) in [5, 5.41) is 0. The van der Waals surface area contributed by atoms with Crippen LogP contribution in [0.2, 0.25) is 0 Å². The normalized spacial score (nSPS) is 16.0. The molecular formula is C18H13BrFNO2S2. The van der Waals surface area contributed by atoms with Crippen molar-refractivity contribution in [2.24, 2.45) is 0 Å². The average Bonchev–Trinajstić information content (AvgIpc) is 2.84. The van der Waals surface area contributed by atoms with Crippen LogP contribution in [0.25, 0.3) is 6.08 Å². The number of carbonyl (C=O) groups excluding carboxylic acids is 1. The molecular weight excluding hydrogens is 425 g/mol. The van der Waals surface area contributed by atoms with Gasteiger partial charge in [0, 0.05) is 0 Å². The molecule has 0 N–H and O–H groups in total. The van der Waals surface area contributed by atoms with Crippen molar-refractivity contribution in [3.63, 3.8) is 0 Å². The zero-order valence-electron chi connectivity index (χ0n) is 13.2. The van der Waals surface area contributed by atoms with E-state index in [4.69, 9.17) is 17.0 Å². The summed E-state index contributed by atoms with van der Waals surface area (Å²) in [6, 6.07) is 11.4. The van der Waals surface area contributed by atoms with Gasteiger partial charge in [-0.2, -0.15) is 0 Å². The lowest BCUT2D eigenvalue weighted by Crippen LogP contribution is -2.27. The topological polar surface area (TPSA) is 29.5 Å². The first kappa shape index (κ1) is 18.1. The zero-order valence-corrected chi connectivity index (χ0v) is 16.4. The first-order chi connectivity index (χ1) is 12.0. The fourth-order valence-electron chi connectivity index (χ4n) is 2.34. The summed E-state index contributed by atoms with van der Waals surface area (Å²) in [5.74, 6) is 0.0727. The second-order valence-electron chi connectivity index (χ2n) is 5.12. The van der Waals surface area contributed by atoms with Crippen LogP contribution in [-0.2, 0) is 4.79 Å². The van der Waals surface area contributed by atoms with Crippen LogP contribution in [0.4, 0.5) is 10.1 Å². The van der Waals surface area contributed by atoms with Gasteiger partial charge in [0.25, 0.3) is 5.91 Å². The molecule has 1 amide bonds. The predicted molar refractivity (Wildman–Crippen MR) is 107 cm³/mol. The van der Waals surface area contributed by atoms with Crippen molar-refractivity contribution >= 4 is 61.9 Å². The molecule has 128 valence electrons. The highest BCUT2D eigenvalue weighted by atomic mass is 79.9. The molecule has 2 aromatic carbocycles. The highest BCUT2D eigenvalue weighted by Crippen LogP contribution is 2.37. The maximum absolute atomic E-state index is 13.4. The zero-order chi connectivity index (χ0) is 18.0. The minimum Gasteiger partial charge on any atom is -0.493 e. The number of nitrogens with zero attached hydrogens (tertiary/aromatic N) is 1. The fourth-order valence-corrected chi connectivity index (χ4v) is 4.15. The van der Waals surface area contributed by atoms with Gasteiger partial charge in [-0.1, -0.05) is 36.1 Å². The third-order valence-electron chi connectivity index (χ3n) is 3.41. The molecule has 1 aliphatic heterocycles. The molecule has 0 bridgehead atoms. The van der Waals surface area contributed by atoms with Gasteiger partial charge in [0.1, 0.15) is 11.6 Å². The van der Waals surface area contributed by atoms with Crippen LogP contribution in [0.5, 0.6) is 5.75 Å². The Balaban J connectivity index is 1.89. The highest BCUT2D eigenvalue weighted by molar-refractivity contribution is 9.10. The maximum atomic E-state index is 13.4. The Hall–Kier alpha value is -1.70. The second kappa shape index (κ2) is 7.68. The van der Waals surface area contributed by atoms with E-state index < -0.39 is 5.82 Å². The molecule has 2 aromatic rings. The number of rotatable bonds is 4. The number of amides is 1. The quantitative estimate of drug-likeness (QED) is 0.473. The predicted octanol–water partition coefficient (Wildman–Crippen LogP) is 5.39. The van der Waals surface area contributed by atoms with Crippen molar-refractivity contribution in [2.75, 3.05) is 11.5 Å². The number of ether oxygens (including phenoxy) is 1. The summed E-state index contributed by atoms with van der Waals surface area (Å²) in [7, 11) is 0. The number of thioether (sulfide) groups is 1. The monoisotopic (exact) mass is 437 g/mol. The molecule has 0 aromatic heterocycles. The minimum atomic E-state index is -0.411. The van der Waals surface area contributed by atoms with Gasteiger partial charge in [0.15, 0.2) is 4.32 Å². The molecule has 0 atom stereocenters. The maximum Gasteiger partial charge on any atom is 0.270 e. The Morgan fingerprint density at radius 1 is 1.32 bits per heavy atom. The number of anilines is 1. The molecule has 0 spiro atoms. The SMILES string of the molecule is CCOc1ccc(/C=C2/SC(=S)N(c3cccc(F)c3)C2=O)cc1Br. The Morgan fingerprint density at radius 2 is 2.12 bits per heavy atom. The third kappa shape index (κ3) is 3.94. The number of hydrogen-bond acceptors (Lipinski definition) is 4. The standard InChI is InChI=1S/C18H13BrFNO2S2/c1-2-23-15-7-6-11(8-14(15)19)9-16-17(22)21(18(24)25-16)13-5-3-4-12(20)10-13/h3-10H,2H2,1H3/b16-9+. The molecule has 0 radical (unpaired) electrons. The molecule has 25 heavy (non-hydrogen) atoms. The molecule has 0 aliphatic carbocycles. The van der Waals surface area contributed by atoms with E-state index in [1.807, 2.05) is 25.1 Å². The van der Waals surface area contributed by atoms with Crippen LogP contribution < -0.4 is 9.64 Å². The van der Waals surface area contributed by atoms with Crippen LogP contribution in [0.15, 0.2) is 51.8 Å². The lowest BCUT2D eigenvalue weighted by atomic mass is 10.2. The summed E-state index contributed by atoms with van der Waals surface area (Å²) in [6.07, 6.45) is 1.76. The van der Waals surface area contributed by atoms with E-state index >= 15 is 0 Å². The van der Waals surface area contributed by atoms with E-state index in [1.165, 1.54) is 28.8 Å². The average molecular weight is 438 g/mol. The number of halogens is 2. The second-order valence-corrected chi connectivity index (χ2v) is 7.65. The summed E-state index contributed by atoms with van der Waals surface area (Å²) in [5.41, 5.74) is 1.27. The molecule has 1 saturated heterocycles. The summed E-state index contributed by atoms with van der Waals surface area (Å²) < 4.78 is 20.1. The van der Waals surface area contributed by atoms with Crippen molar-refractivity contribution in [3.05, 3.63) is 63.2 Å². The van der Waals surface area contributed by atoms with E-state index in [0.29, 0.717) is 21.5 Å². The van der Waals surface area contributed by atoms with Gasteiger partial charge in [-0.25, -0.2) is 4.39 Å². The van der Waals surface area contributed by atoms with Crippen LogP contribution in [0.3, 0.4) is 0 Å². The van der Waals surface area contributed by atoms with E-state index in [9.17, 15) is 9.18 Å². The van der Waals surface area contributed by atoms with Gasteiger partial charge in [-0.15, -0.1) is 0 Å². The number of carbonyl (C=O) groups is 1. The lowest BCUT2D eigenvalue weighted by Gasteiger charge is -2.14. The van der Waals surface area contributed by atoms with Crippen LogP contribution in [-0.4, -0.2) is 16.8 Å². The number of benzene rings is 2. The van der Waals surface area contributed by atoms with E-state index in [1.54, 1.807) is 18.2 Å². The van der Waals surface area contributed by atoms with Gasteiger partial charge in [-0.05, 0) is 64.8 Å². The molecule has 0 saturated carbocycles. The van der Waals surface area contributed by atoms with Crippen LogP contribution in [0.1, 0.15) is 12.5 Å². The van der Waals surface area contributed by atoms with Crippen molar-refractivity contribution in [3.8, 4) is 5.75 Å². The first-order valence-corrected chi connectivity index (χ1v) is 9.47. The van der Waals surface area contributed by atoms with Crippen LogP contribution >= 0.6 is 39.9 Å². The third-order valence-corrected chi connectivity index (χ3v) is 5.34. The minimum absolute atomic E-state index is 0.259. The van der Waals surface area contributed by atoms with Gasteiger partial charge in [0.05, 0.1) is 21.7 Å². The van der Waals surface area contributed by atoms with Gasteiger partial charge < -0.3 is 4.74 Å². The molecule has 0 unspecified atom stereocenters. The van der Waals surface area contributed by atoms with E-state index in [2.05, 4.69) is 15.9 Å². The van der Waals surface area contributed by atoms with Gasteiger partial charge in [0.2, 0.25) is 0 Å². The van der Waals surface area contributed by atoms with Crippen molar-refractivity contribution in [2.45, 2.75) is 6.92 Å². The smallest absolute Gasteiger partial charge is 0.270 e. The molecule has 1 fully saturated rings. The summed E-state index contributed by atoms with van der Waals surface area (Å²) in [4.78, 5) is 14.5. The van der Waals surface area contributed by atoms with Crippen molar-refractivity contribution in [1.82, 2.24) is 0 Å². The Morgan fingerprint density at radius 3 is 2.80 bits per heavy atom. The Labute approximate surface area is 163 Å². The van der Waals surface area contributed by atoms with Gasteiger partial charge >= 0.3 is 0 Å². The largest absolute Gasteiger partial charge is 0.493 e. The Bertz CT molecular complexity index is 885. The highest BCUT2D eigenvalue weighted by Gasteiger charge is 2.33. The molecule has 7 heteroatoms. The molecule has 1 aliphatic rings. The van der Waals surface area contributed by atoms with Crippen molar-refractivity contribution in [1.29, 1.82) is 0 Å². The summed E-state index contributed by atoms with van der Waals surface area (Å²) >= 11 is 9.95. The number of thiocarbonyl (C=S) groups is 1. The number of hydrogen-bond donors (Lipinski definition) is 0. The van der Waals surface area contributed by atoms with Crippen molar-refractivity contribution < 1.29 is 13.9 Å². The molecule has 3 nitrogen and oxygen atoms in total. The van der Waals surface area contributed by atoms with E-state index in [0.717, 1.165) is 15.8 Å².